The summed E-state index contributed by atoms with van der Waals surface area (Å²) in [5.74, 6) is 0. The summed E-state index contributed by atoms with van der Waals surface area (Å²) in [6.45, 7) is 7.27. The Kier molecular flexibility index (Phi) is 5.66. The summed E-state index contributed by atoms with van der Waals surface area (Å²) in [6, 6.07) is 0. The molecule has 0 amide bonds. The Hall–Kier alpha value is -0.161. The maximum atomic E-state index is 13.9. The molecule has 0 aliphatic rings. The molecule has 0 aromatic heterocycles. The summed E-state index contributed by atoms with van der Waals surface area (Å²) in [5, 5.41) is -2.91. The van der Waals surface area contributed by atoms with E-state index in [1.54, 1.807) is 0 Å². The number of hydrogen-bond acceptors (Lipinski definition) is 4. The molecular formula is C16H40MnNO4. The van der Waals surface area contributed by atoms with E-state index in [-0.39, 0.29) is 31.8 Å². The molecule has 22 heavy (non-hydrogen) atoms. The maximum absolute atomic E-state index is 13.9. The smallest absolute Gasteiger partial charge is 0.369 e. The molecule has 0 aliphatic carbocycles. The Morgan fingerprint density at radius 1 is 0.591 bits per heavy atom. The van der Waals surface area contributed by atoms with E-state index in [9.17, 15) is 15.7 Å². The van der Waals surface area contributed by atoms with Gasteiger partial charge >= 0.3 is 125 Å². The van der Waals surface area contributed by atoms with Gasteiger partial charge in [0.15, 0.2) is 0 Å². The molecule has 0 unspecified atom stereocenters. The van der Waals surface area contributed by atoms with Crippen LogP contribution in [0.5, 0.6) is 0 Å². The zero-order chi connectivity index (χ0) is 16.8. The van der Waals surface area contributed by atoms with E-state index in [4.69, 9.17) is 0 Å². The van der Waals surface area contributed by atoms with Gasteiger partial charge in [-0.15, -0.1) is 0 Å². The molecule has 0 saturated carbocycles. The second-order valence-corrected chi connectivity index (χ2v) is 20.0. The molecule has 0 rings (SSSR count). The molecule has 0 bridgehead atoms. The molecule has 0 saturated heterocycles. The molecule has 0 aromatic rings. The van der Waals surface area contributed by atoms with E-state index >= 15 is 0 Å². The zero-order valence-electron chi connectivity index (χ0n) is 15.5. The Bertz CT molecular complexity index is 618. The van der Waals surface area contributed by atoms with Gasteiger partial charge in [-0.3, -0.25) is 0 Å². The first-order valence-corrected chi connectivity index (χ1v) is 13.8. The molecule has 140 valence electrons. The molecule has 0 heterocycles. The molecule has 6 heteroatoms. The third kappa shape index (κ3) is 5.48. The van der Waals surface area contributed by atoms with Crippen molar-refractivity contribution in [3.63, 3.8) is 0 Å². The van der Waals surface area contributed by atoms with Crippen molar-refractivity contribution in [2.75, 3.05) is 0 Å². The predicted octanol–water partition coefficient (Wildman–Crippen LogP) is 5.84. The van der Waals surface area contributed by atoms with E-state index in [1.165, 1.54) is 0 Å². The van der Waals surface area contributed by atoms with E-state index in [1.807, 2.05) is 27.7 Å². The summed E-state index contributed by atoms with van der Waals surface area (Å²) in [7, 11) is -8.54. The molecule has 0 aromatic carbocycles. The van der Waals surface area contributed by atoms with Gasteiger partial charge in [0.05, 0.1) is 0 Å². The minimum atomic E-state index is -8.54. The topological polar surface area (TPSA) is 111 Å². The van der Waals surface area contributed by atoms with Crippen LogP contribution in [-0.4, -0.2) is 0 Å². The van der Waals surface area contributed by atoms with Gasteiger partial charge in [0, 0.05) is 0 Å². The van der Waals surface area contributed by atoms with Gasteiger partial charge < -0.3 is 6.15 Å². The van der Waals surface area contributed by atoms with E-state index in [2.05, 4.69) is 0 Å². The van der Waals surface area contributed by atoms with Gasteiger partial charge in [-0.25, -0.2) is 0 Å². The van der Waals surface area contributed by atoms with Crippen molar-refractivity contribution < 1.29 is 24.4 Å². The fourth-order valence-electron chi connectivity index (χ4n) is 3.11. The maximum Gasteiger partial charge on any atom is -0.369 e. The van der Waals surface area contributed by atoms with Crippen LogP contribution in [0.4, 0.5) is 0 Å². The normalized spacial score (nSPS) is 19.1. The van der Waals surface area contributed by atoms with Crippen LogP contribution in [0.15, 0.2) is 0 Å². The summed E-state index contributed by atoms with van der Waals surface area (Å²) in [5.41, 5.74) is 0. The van der Waals surface area contributed by atoms with Crippen molar-refractivity contribution in [2.24, 2.45) is 0 Å². The van der Waals surface area contributed by atoms with Gasteiger partial charge in [0.1, 0.15) is 0 Å². The molecule has 0 fully saturated rings. The predicted molar refractivity (Wildman–Crippen MR) is 86.9 cm³/mol. The molecule has 4 N–H and O–H groups in total. The van der Waals surface area contributed by atoms with Gasteiger partial charge in [0.25, 0.3) is 0 Å². The molecule has 0 radical (unpaired) electrons. The largest absolute Gasteiger partial charge is 0.369 e. The standard InChI is InChI=1S/4C4H9.Mn.H3N.4O/c4*1-3-4-2;;;;;;/h4*1,3-4H2,2H3;;1H3;;;;/q;;;;;;;;;-1/p+1. The van der Waals surface area contributed by atoms with Gasteiger partial charge in [-0.1, -0.05) is 0 Å². The van der Waals surface area contributed by atoms with Crippen LogP contribution in [0.2, 0.25) is 21.3 Å². The van der Waals surface area contributed by atoms with Crippen LogP contribution < -0.4 is 10.3 Å². The molecule has 0 aliphatic heterocycles. The minimum Gasteiger partial charge on any atom is -0.369 e. The van der Waals surface area contributed by atoms with Crippen LogP contribution >= 0.6 is 0 Å². The van der Waals surface area contributed by atoms with Crippen LogP contribution in [-0.2, 0) is 20.3 Å². The Labute approximate surface area is 131 Å². The Morgan fingerprint density at radius 3 is 0.909 bits per heavy atom. The molecule has 0 spiro atoms. The van der Waals surface area contributed by atoms with Crippen LogP contribution in [0.1, 0.15) is 79.1 Å². The molecular weight excluding hydrogens is 325 g/mol. The second kappa shape index (κ2) is 5.17. The second-order valence-electron chi connectivity index (χ2n) is 7.43. The van der Waals surface area contributed by atoms with Crippen LogP contribution in [0, 0.1) is 0 Å². The van der Waals surface area contributed by atoms with E-state index in [0.29, 0.717) is 25.7 Å². The van der Waals surface area contributed by atoms with Crippen molar-refractivity contribution in [2.45, 2.75) is 100 Å². The first-order valence-electron chi connectivity index (χ1n) is 8.51. The van der Waals surface area contributed by atoms with Gasteiger partial charge in [-0.05, 0) is 0 Å². The minimum absolute atomic E-state index is 0. The molecule has 0 atom stereocenters. The molecule has 5 nitrogen and oxygen atoms in total. The monoisotopic (exact) mass is 365 g/mol. The number of quaternary nitrogens is 1. The van der Waals surface area contributed by atoms with Crippen molar-refractivity contribution in [1.29, 1.82) is 0 Å². The van der Waals surface area contributed by atoms with Crippen molar-refractivity contribution in [1.82, 2.24) is 6.15 Å². The van der Waals surface area contributed by atoms with Crippen LogP contribution in [0.3, 0.4) is 0 Å². The van der Waals surface area contributed by atoms with E-state index < -0.39 is 30.0 Å². The summed E-state index contributed by atoms with van der Waals surface area (Å²) < 4.78 is 55.7. The van der Waals surface area contributed by atoms with Gasteiger partial charge in [-0.2, -0.15) is 0 Å². The first kappa shape index (κ1) is 24.1. The number of hydrogen-bond donors (Lipinski definition) is 1. The fraction of sp³-hybridized carbons (Fsp3) is 1.00. The third-order valence-corrected chi connectivity index (χ3v) is 15.3. The van der Waals surface area contributed by atoms with Gasteiger partial charge in [0.2, 0.25) is 0 Å². The Balaban J connectivity index is 0. The Morgan fingerprint density at radius 2 is 0.773 bits per heavy atom. The SMILES string of the molecule is CCC[CH2][Mn](=[O])(=[O])(=[O])([O-])([CH2]CCC)([CH2]CCC)[CH2]CCC.[NH4+]. The first-order chi connectivity index (χ1) is 9.24. The average Bonchev–Trinajstić information content (AvgIpc) is 2.41. The third-order valence-electron chi connectivity index (χ3n) is 4.79. The summed E-state index contributed by atoms with van der Waals surface area (Å²) in [6.07, 6.45) is 2.84. The van der Waals surface area contributed by atoms with Crippen molar-refractivity contribution in [3.8, 4) is 0 Å². The zero-order valence-corrected chi connectivity index (χ0v) is 16.7. The van der Waals surface area contributed by atoms with Crippen LogP contribution in [0.25, 0.3) is 0 Å². The quantitative estimate of drug-likeness (QED) is 0.437. The summed E-state index contributed by atoms with van der Waals surface area (Å²) >= 11 is 0. The number of unbranched alkanes of at least 4 members (excludes halogenated alkanes) is 4. The fourth-order valence-corrected chi connectivity index (χ4v) is 12.8. The summed E-state index contributed by atoms with van der Waals surface area (Å²) in [4.78, 5) is 0. The number of rotatable bonds is 12. The average molecular weight is 365 g/mol. The van der Waals surface area contributed by atoms with Crippen molar-refractivity contribution >= 4 is 0 Å². The van der Waals surface area contributed by atoms with E-state index in [0.717, 1.165) is 0 Å². The van der Waals surface area contributed by atoms with Crippen molar-refractivity contribution in [3.05, 3.63) is 0 Å².